The van der Waals surface area contributed by atoms with Gasteiger partial charge in [0.25, 0.3) is 0 Å². The lowest BCUT2D eigenvalue weighted by molar-refractivity contribution is -0.133. The van der Waals surface area contributed by atoms with Crippen LogP contribution in [-0.2, 0) is 17.6 Å². The Hall–Kier alpha value is -2.77. The van der Waals surface area contributed by atoms with Crippen LogP contribution in [-0.4, -0.2) is 45.7 Å². The number of nitrogens with one attached hydrogen (secondary N) is 3. The number of carbonyl (C=O) groups is 1. The molecule has 8 heteroatoms. The second-order valence-corrected chi connectivity index (χ2v) is 7.48. The lowest BCUT2D eigenvalue weighted by atomic mass is 9.75. The molecular weight excluding hydrogens is 376 g/mol. The quantitative estimate of drug-likeness (QED) is 0.567. The lowest BCUT2D eigenvalue weighted by Crippen LogP contribution is -2.62. The zero-order chi connectivity index (χ0) is 19.4. The van der Waals surface area contributed by atoms with E-state index >= 15 is 0 Å². The number of aromatic amines is 1. The molecule has 0 unspecified atom stereocenters. The molecular formula is C20H21ClN6O. The fourth-order valence-corrected chi connectivity index (χ4v) is 3.42. The number of rotatable bonds is 7. The summed E-state index contributed by atoms with van der Waals surface area (Å²) in [6, 6.07) is 11.4. The van der Waals surface area contributed by atoms with Crippen LogP contribution in [0.15, 0.2) is 48.8 Å². The summed E-state index contributed by atoms with van der Waals surface area (Å²) < 4.78 is 0. The molecule has 1 fully saturated rings. The topological polar surface area (TPSA) is 95.6 Å². The van der Waals surface area contributed by atoms with Crippen LogP contribution in [0, 0.1) is 5.41 Å². The minimum atomic E-state index is -0.407. The number of nitrogens with zero attached hydrogens (tertiary/aromatic N) is 3. The summed E-state index contributed by atoms with van der Waals surface area (Å²) >= 11 is 5.95. The van der Waals surface area contributed by atoms with Gasteiger partial charge in [-0.2, -0.15) is 5.10 Å². The van der Waals surface area contributed by atoms with E-state index in [0.717, 1.165) is 17.0 Å². The summed E-state index contributed by atoms with van der Waals surface area (Å²) in [5, 5.41) is 14.1. The minimum Gasteiger partial charge on any atom is -0.355 e. The number of hydrogen-bond donors (Lipinski definition) is 3. The Morgan fingerprint density at radius 3 is 2.71 bits per heavy atom. The second-order valence-electron chi connectivity index (χ2n) is 7.04. The Balaban J connectivity index is 1.32. The molecule has 3 aromatic rings. The van der Waals surface area contributed by atoms with Crippen molar-refractivity contribution in [3.05, 3.63) is 65.2 Å². The number of H-pyrrole nitrogens is 1. The van der Waals surface area contributed by atoms with Crippen LogP contribution in [0.3, 0.4) is 0 Å². The Bertz CT molecular complexity index is 937. The van der Waals surface area contributed by atoms with Gasteiger partial charge in [-0.3, -0.25) is 14.9 Å². The molecule has 0 bridgehead atoms. The van der Waals surface area contributed by atoms with E-state index in [0.29, 0.717) is 43.3 Å². The summed E-state index contributed by atoms with van der Waals surface area (Å²) in [5.74, 6) is 1.41. The highest BCUT2D eigenvalue weighted by Gasteiger charge is 2.43. The predicted octanol–water partition coefficient (Wildman–Crippen LogP) is 2.01. The molecule has 1 saturated heterocycles. The zero-order valence-electron chi connectivity index (χ0n) is 15.3. The molecule has 0 radical (unpaired) electrons. The average molecular weight is 397 g/mol. The van der Waals surface area contributed by atoms with Crippen molar-refractivity contribution in [2.75, 3.05) is 19.6 Å². The number of benzene rings is 1. The number of aromatic nitrogens is 4. The highest BCUT2D eigenvalue weighted by atomic mass is 35.5. The van der Waals surface area contributed by atoms with Gasteiger partial charge in [0.1, 0.15) is 5.82 Å². The molecule has 0 saturated carbocycles. The first-order chi connectivity index (χ1) is 13.6. The second kappa shape index (κ2) is 8.08. The molecule has 144 valence electrons. The van der Waals surface area contributed by atoms with Crippen LogP contribution in [0.5, 0.6) is 0 Å². The molecule has 0 aliphatic carbocycles. The van der Waals surface area contributed by atoms with Crippen molar-refractivity contribution < 1.29 is 4.79 Å². The highest BCUT2D eigenvalue weighted by Crippen LogP contribution is 2.28. The van der Waals surface area contributed by atoms with Gasteiger partial charge in [0, 0.05) is 49.0 Å². The van der Waals surface area contributed by atoms with Gasteiger partial charge in [0.05, 0.1) is 5.41 Å². The van der Waals surface area contributed by atoms with Gasteiger partial charge in [0.2, 0.25) is 5.91 Å². The maximum absolute atomic E-state index is 12.8. The molecule has 2 aromatic heterocycles. The van der Waals surface area contributed by atoms with Gasteiger partial charge in [-0.05, 0) is 36.2 Å². The molecule has 7 nitrogen and oxygen atoms in total. The van der Waals surface area contributed by atoms with Crippen molar-refractivity contribution in [1.29, 1.82) is 0 Å². The monoisotopic (exact) mass is 396 g/mol. The van der Waals surface area contributed by atoms with Crippen LogP contribution < -0.4 is 10.6 Å². The first kappa shape index (κ1) is 18.6. The number of amides is 1. The predicted molar refractivity (Wildman–Crippen MR) is 107 cm³/mol. The van der Waals surface area contributed by atoms with Crippen LogP contribution in [0.4, 0.5) is 0 Å². The molecule has 1 aliphatic rings. The number of hydrogen-bond acceptors (Lipinski definition) is 5. The standard InChI is InChI=1S/C20H21ClN6O/c21-16-5-3-14(4-6-16)10-20(12-23-13-20)19(28)24-9-7-17-25-18(27-26-17)15-2-1-8-22-11-15/h1-6,8,11,23H,7,9-10,12-13H2,(H,24,28)(H,25,26,27). The lowest BCUT2D eigenvalue weighted by Gasteiger charge is -2.41. The largest absolute Gasteiger partial charge is 0.355 e. The van der Waals surface area contributed by atoms with Crippen LogP contribution >= 0.6 is 11.6 Å². The third-order valence-electron chi connectivity index (χ3n) is 4.96. The molecule has 1 amide bonds. The number of halogens is 1. The number of carbonyl (C=O) groups excluding carboxylic acids is 1. The average Bonchev–Trinajstić information content (AvgIpc) is 3.16. The van der Waals surface area contributed by atoms with Crippen molar-refractivity contribution in [2.24, 2.45) is 5.41 Å². The van der Waals surface area contributed by atoms with Gasteiger partial charge >= 0.3 is 0 Å². The SMILES string of the molecule is O=C(NCCc1nc(-c2cccnc2)n[nH]1)C1(Cc2ccc(Cl)cc2)CNC1. The fourth-order valence-electron chi connectivity index (χ4n) is 3.30. The Labute approximate surface area is 167 Å². The fraction of sp³-hybridized carbons (Fsp3) is 0.300. The normalized spacial score (nSPS) is 15.0. The van der Waals surface area contributed by atoms with E-state index in [4.69, 9.17) is 11.6 Å². The number of pyridine rings is 1. The molecule has 28 heavy (non-hydrogen) atoms. The van der Waals surface area contributed by atoms with Crippen molar-refractivity contribution in [3.63, 3.8) is 0 Å². The van der Waals surface area contributed by atoms with E-state index < -0.39 is 5.41 Å². The van der Waals surface area contributed by atoms with Crippen LogP contribution in [0.1, 0.15) is 11.4 Å². The van der Waals surface area contributed by atoms with E-state index in [1.54, 1.807) is 12.4 Å². The van der Waals surface area contributed by atoms with Crippen LogP contribution in [0.25, 0.3) is 11.4 Å². The third-order valence-corrected chi connectivity index (χ3v) is 5.22. The summed E-state index contributed by atoms with van der Waals surface area (Å²) in [7, 11) is 0. The Morgan fingerprint density at radius 2 is 2.04 bits per heavy atom. The molecule has 3 heterocycles. The summed E-state index contributed by atoms with van der Waals surface area (Å²) in [6.45, 7) is 1.85. The Morgan fingerprint density at radius 1 is 1.21 bits per heavy atom. The van der Waals surface area contributed by atoms with E-state index in [2.05, 4.69) is 30.8 Å². The molecule has 1 aliphatic heterocycles. The van der Waals surface area contributed by atoms with Crippen molar-refractivity contribution in [3.8, 4) is 11.4 Å². The Kier molecular flexibility index (Phi) is 5.36. The first-order valence-corrected chi connectivity index (χ1v) is 9.58. The van der Waals surface area contributed by atoms with Gasteiger partial charge in [-0.25, -0.2) is 4.98 Å². The molecule has 0 atom stereocenters. The highest BCUT2D eigenvalue weighted by molar-refractivity contribution is 6.30. The van der Waals surface area contributed by atoms with Gasteiger partial charge < -0.3 is 10.6 Å². The van der Waals surface area contributed by atoms with E-state index in [1.165, 1.54) is 0 Å². The van der Waals surface area contributed by atoms with E-state index in [9.17, 15) is 4.79 Å². The zero-order valence-corrected chi connectivity index (χ0v) is 16.0. The summed E-state index contributed by atoms with van der Waals surface area (Å²) in [4.78, 5) is 21.3. The van der Waals surface area contributed by atoms with Crippen molar-refractivity contribution in [2.45, 2.75) is 12.8 Å². The molecule has 3 N–H and O–H groups in total. The summed E-state index contributed by atoms with van der Waals surface area (Å²) in [6.07, 6.45) is 4.71. The summed E-state index contributed by atoms with van der Waals surface area (Å²) in [5.41, 5.74) is 1.56. The molecule has 0 spiro atoms. The maximum Gasteiger partial charge on any atom is 0.229 e. The van der Waals surface area contributed by atoms with Crippen molar-refractivity contribution >= 4 is 17.5 Å². The van der Waals surface area contributed by atoms with E-state index in [1.807, 2.05) is 36.4 Å². The smallest absolute Gasteiger partial charge is 0.229 e. The van der Waals surface area contributed by atoms with E-state index in [-0.39, 0.29) is 5.91 Å². The van der Waals surface area contributed by atoms with Crippen LogP contribution in [0.2, 0.25) is 5.02 Å². The molecule has 4 rings (SSSR count). The third kappa shape index (κ3) is 4.05. The minimum absolute atomic E-state index is 0.0631. The van der Waals surface area contributed by atoms with Gasteiger partial charge in [-0.1, -0.05) is 23.7 Å². The van der Waals surface area contributed by atoms with Gasteiger partial charge in [-0.15, -0.1) is 0 Å². The maximum atomic E-state index is 12.8. The van der Waals surface area contributed by atoms with Crippen molar-refractivity contribution in [1.82, 2.24) is 30.8 Å². The van der Waals surface area contributed by atoms with Gasteiger partial charge in [0.15, 0.2) is 5.82 Å². The first-order valence-electron chi connectivity index (χ1n) is 9.20. The molecule has 1 aromatic carbocycles.